The molecular weight excluding hydrogens is 266 g/mol. The molecule has 0 fully saturated rings. The number of rotatable bonds is 4. The van der Waals surface area contributed by atoms with Gasteiger partial charge in [0.25, 0.3) is 5.91 Å². The number of benzene rings is 2. The Labute approximate surface area is 123 Å². The molecule has 0 unspecified atom stereocenters. The summed E-state index contributed by atoms with van der Waals surface area (Å²) in [6.45, 7) is 2.08. The van der Waals surface area contributed by atoms with Gasteiger partial charge in [-0.3, -0.25) is 9.63 Å². The van der Waals surface area contributed by atoms with E-state index in [9.17, 15) is 4.79 Å². The summed E-state index contributed by atoms with van der Waals surface area (Å²) in [4.78, 5) is 17.3. The second-order valence-electron chi connectivity index (χ2n) is 4.82. The van der Waals surface area contributed by atoms with Crippen molar-refractivity contribution in [2.75, 3.05) is 23.7 Å². The van der Waals surface area contributed by atoms with E-state index in [-0.39, 0.29) is 5.91 Å². The van der Waals surface area contributed by atoms with Crippen LogP contribution in [0.2, 0.25) is 0 Å². The van der Waals surface area contributed by atoms with E-state index in [1.165, 1.54) is 0 Å². The molecule has 21 heavy (non-hydrogen) atoms. The van der Waals surface area contributed by atoms with Gasteiger partial charge in [-0.1, -0.05) is 30.3 Å². The van der Waals surface area contributed by atoms with Crippen LogP contribution >= 0.6 is 0 Å². The fraction of sp³-hybridized carbons (Fsp3) is 0.188. The first-order valence-corrected chi connectivity index (χ1v) is 6.91. The second kappa shape index (κ2) is 6.28. The molecule has 2 aromatic rings. The standard InChI is InChI=1S/C16H17N3O2/c20-16(19-21-11-12-4-2-1-3-5-12)13-6-7-14-15(10-13)18-9-8-17-14/h1-7,10,17-18H,8-9,11H2,(H,19,20). The van der Waals surface area contributed by atoms with Crippen molar-refractivity contribution >= 4 is 17.3 Å². The molecule has 0 saturated carbocycles. The summed E-state index contributed by atoms with van der Waals surface area (Å²) >= 11 is 0. The van der Waals surface area contributed by atoms with E-state index in [1.54, 1.807) is 6.07 Å². The molecule has 5 heteroatoms. The number of amides is 1. The highest BCUT2D eigenvalue weighted by atomic mass is 16.6. The van der Waals surface area contributed by atoms with Crippen LogP contribution in [0.25, 0.3) is 0 Å². The van der Waals surface area contributed by atoms with Gasteiger partial charge in [0.1, 0.15) is 0 Å². The van der Waals surface area contributed by atoms with Gasteiger partial charge in [0.15, 0.2) is 0 Å². The zero-order valence-electron chi connectivity index (χ0n) is 11.6. The van der Waals surface area contributed by atoms with Gasteiger partial charge in [0.05, 0.1) is 18.0 Å². The summed E-state index contributed by atoms with van der Waals surface area (Å²) in [6.07, 6.45) is 0. The highest BCUT2D eigenvalue weighted by molar-refractivity contribution is 5.95. The Kier molecular flexibility index (Phi) is 4.02. The minimum absolute atomic E-state index is 0.249. The van der Waals surface area contributed by atoms with Crippen LogP contribution in [0.3, 0.4) is 0 Å². The van der Waals surface area contributed by atoms with E-state index >= 15 is 0 Å². The lowest BCUT2D eigenvalue weighted by atomic mass is 10.1. The largest absolute Gasteiger partial charge is 0.382 e. The van der Waals surface area contributed by atoms with Crippen molar-refractivity contribution in [2.24, 2.45) is 0 Å². The van der Waals surface area contributed by atoms with Gasteiger partial charge < -0.3 is 10.6 Å². The maximum Gasteiger partial charge on any atom is 0.274 e. The molecule has 3 N–H and O–H groups in total. The van der Waals surface area contributed by atoms with Crippen molar-refractivity contribution in [2.45, 2.75) is 6.61 Å². The summed E-state index contributed by atoms with van der Waals surface area (Å²) < 4.78 is 0. The Morgan fingerprint density at radius 3 is 2.62 bits per heavy atom. The normalized spacial score (nSPS) is 12.8. The first-order valence-electron chi connectivity index (χ1n) is 6.91. The number of hydrogen-bond acceptors (Lipinski definition) is 4. The molecule has 2 aromatic carbocycles. The lowest BCUT2D eigenvalue weighted by Crippen LogP contribution is -2.25. The highest BCUT2D eigenvalue weighted by Gasteiger charge is 2.12. The average Bonchev–Trinajstić information content (AvgIpc) is 2.55. The van der Waals surface area contributed by atoms with Crippen molar-refractivity contribution in [3.63, 3.8) is 0 Å². The maximum absolute atomic E-state index is 12.0. The summed E-state index contributed by atoms with van der Waals surface area (Å²) in [7, 11) is 0. The Morgan fingerprint density at radius 1 is 1.05 bits per heavy atom. The quantitative estimate of drug-likeness (QED) is 0.754. The van der Waals surface area contributed by atoms with Crippen molar-refractivity contribution < 1.29 is 9.63 Å². The van der Waals surface area contributed by atoms with Crippen LogP contribution in [0.4, 0.5) is 11.4 Å². The van der Waals surface area contributed by atoms with E-state index in [1.807, 2.05) is 42.5 Å². The summed E-state index contributed by atoms with van der Waals surface area (Å²) in [5, 5.41) is 6.52. The minimum Gasteiger partial charge on any atom is -0.382 e. The van der Waals surface area contributed by atoms with Gasteiger partial charge in [0, 0.05) is 18.7 Å². The molecule has 0 saturated heterocycles. The number of hydroxylamine groups is 1. The van der Waals surface area contributed by atoms with Gasteiger partial charge in [-0.05, 0) is 23.8 Å². The Hall–Kier alpha value is -2.53. The molecule has 1 aliphatic rings. The van der Waals surface area contributed by atoms with Crippen LogP contribution in [0.5, 0.6) is 0 Å². The summed E-state index contributed by atoms with van der Waals surface area (Å²) in [5.41, 5.74) is 6.00. The number of carbonyl (C=O) groups excluding carboxylic acids is 1. The predicted octanol–water partition coefficient (Wildman–Crippen LogP) is 2.39. The molecule has 5 nitrogen and oxygen atoms in total. The molecule has 0 aliphatic carbocycles. The number of carbonyl (C=O) groups is 1. The number of nitrogens with one attached hydrogen (secondary N) is 3. The van der Waals surface area contributed by atoms with Crippen LogP contribution in [-0.4, -0.2) is 19.0 Å². The van der Waals surface area contributed by atoms with Crippen molar-refractivity contribution in [3.8, 4) is 0 Å². The number of fused-ring (bicyclic) bond motifs is 1. The van der Waals surface area contributed by atoms with Crippen LogP contribution in [0, 0.1) is 0 Å². The van der Waals surface area contributed by atoms with E-state index < -0.39 is 0 Å². The van der Waals surface area contributed by atoms with E-state index in [0.717, 1.165) is 30.0 Å². The molecule has 1 heterocycles. The fourth-order valence-corrected chi connectivity index (χ4v) is 2.20. The van der Waals surface area contributed by atoms with E-state index in [2.05, 4.69) is 16.1 Å². The Bertz CT molecular complexity index is 629. The second-order valence-corrected chi connectivity index (χ2v) is 4.82. The maximum atomic E-state index is 12.0. The van der Waals surface area contributed by atoms with E-state index in [4.69, 9.17) is 4.84 Å². The zero-order chi connectivity index (χ0) is 14.5. The molecule has 3 rings (SSSR count). The molecule has 0 aromatic heterocycles. The molecule has 108 valence electrons. The molecule has 0 radical (unpaired) electrons. The molecular formula is C16H17N3O2. The average molecular weight is 283 g/mol. The van der Waals surface area contributed by atoms with Gasteiger partial charge >= 0.3 is 0 Å². The molecule has 0 spiro atoms. The van der Waals surface area contributed by atoms with Crippen molar-refractivity contribution in [1.29, 1.82) is 0 Å². The molecule has 1 amide bonds. The Morgan fingerprint density at radius 2 is 1.81 bits per heavy atom. The first-order chi connectivity index (χ1) is 10.3. The van der Waals surface area contributed by atoms with Crippen LogP contribution < -0.4 is 16.1 Å². The highest BCUT2D eigenvalue weighted by Crippen LogP contribution is 2.25. The predicted molar refractivity (Wildman–Crippen MR) is 82.1 cm³/mol. The lowest BCUT2D eigenvalue weighted by molar-refractivity contribution is 0.0233. The third kappa shape index (κ3) is 3.32. The van der Waals surface area contributed by atoms with Gasteiger partial charge in [0.2, 0.25) is 0 Å². The monoisotopic (exact) mass is 283 g/mol. The summed E-state index contributed by atoms with van der Waals surface area (Å²) in [6, 6.07) is 15.2. The van der Waals surface area contributed by atoms with Crippen LogP contribution in [0.15, 0.2) is 48.5 Å². The van der Waals surface area contributed by atoms with Gasteiger partial charge in [-0.25, -0.2) is 5.48 Å². The Balaban J connectivity index is 1.58. The van der Waals surface area contributed by atoms with Gasteiger partial charge in [-0.2, -0.15) is 0 Å². The molecule has 0 bridgehead atoms. The SMILES string of the molecule is O=C(NOCc1ccccc1)c1ccc2c(c1)NCCN2. The molecule has 0 atom stereocenters. The van der Waals surface area contributed by atoms with Crippen molar-refractivity contribution in [1.82, 2.24) is 5.48 Å². The van der Waals surface area contributed by atoms with Crippen LogP contribution in [-0.2, 0) is 11.4 Å². The third-order valence-corrected chi connectivity index (χ3v) is 3.28. The number of anilines is 2. The lowest BCUT2D eigenvalue weighted by Gasteiger charge is -2.20. The number of hydrogen-bond donors (Lipinski definition) is 3. The summed E-state index contributed by atoms with van der Waals surface area (Å²) in [5.74, 6) is -0.249. The van der Waals surface area contributed by atoms with E-state index in [0.29, 0.717) is 12.2 Å². The van der Waals surface area contributed by atoms with Crippen LogP contribution in [0.1, 0.15) is 15.9 Å². The fourth-order valence-electron chi connectivity index (χ4n) is 2.20. The molecule has 1 aliphatic heterocycles. The third-order valence-electron chi connectivity index (χ3n) is 3.28. The zero-order valence-corrected chi connectivity index (χ0v) is 11.6. The smallest absolute Gasteiger partial charge is 0.274 e. The van der Waals surface area contributed by atoms with Gasteiger partial charge in [-0.15, -0.1) is 0 Å². The van der Waals surface area contributed by atoms with Crippen molar-refractivity contribution in [3.05, 3.63) is 59.7 Å². The first kappa shape index (κ1) is 13.5. The topological polar surface area (TPSA) is 62.4 Å². The minimum atomic E-state index is -0.249.